The Morgan fingerprint density at radius 2 is 2.00 bits per heavy atom. The molecule has 0 N–H and O–H groups in total. The average molecular weight is 241 g/mol. The second-order valence-electron chi connectivity index (χ2n) is 0.498. The van der Waals surface area contributed by atoms with Gasteiger partial charge in [-0.15, -0.1) is 0 Å². The molecule has 0 heterocycles. The predicted octanol–water partition coefficient (Wildman–Crippen LogP) is 0.504. The van der Waals surface area contributed by atoms with Crippen molar-refractivity contribution in [3.63, 3.8) is 0 Å². The fraction of sp³-hybridized carbons (Fsp3) is 0.667. The number of hydrogen-bond donors (Lipinski definition) is 0. The Balaban J connectivity index is 0. The zero-order chi connectivity index (χ0) is 3.41. The van der Waals surface area contributed by atoms with E-state index in [1.165, 1.54) is 0 Å². The van der Waals surface area contributed by atoms with Gasteiger partial charge in [0, 0.05) is 21.1 Å². The normalized spacial score (nSPS) is 5.00. The Hall–Kier alpha value is 0.358. The van der Waals surface area contributed by atoms with Crippen LogP contribution in [0.4, 0.5) is 0 Å². The Morgan fingerprint density at radius 3 is 2.00 bits per heavy atom. The van der Waals surface area contributed by atoms with Crippen LogP contribution in [0.1, 0.15) is 13.3 Å². The van der Waals surface area contributed by atoms with Gasteiger partial charge >= 0.3 is 0 Å². The summed E-state index contributed by atoms with van der Waals surface area (Å²) in [5.41, 5.74) is 0. The number of carbonyl (C=O) groups excluding carboxylic acids is 1. The average Bonchev–Trinajstić information content (AvgIpc) is 1.37. The van der Waals surface area contributed by atoms with Crippen LogP contribution in [0, 0.1) is 0 Å². The Labute approximate surface area is 46.0 Å². The summed E-state index contributed by atoms with van der Waals surface area (Å²) in [6, 6.07) is 0. The van der Waals surface area contributed by atoms with Crippen LogP contribution in [0.25, 0.3) is 0 Å². The van der Waals surface area contributed by atoms with Gasteiger partial charge in [0.1, 0.15) is 0 Å². The van der Waals surface area contributed by atoms with Crippen molar-refractivity contribution in [2.45, 2.75) is 13.3 Å². The monoisotopic (exact) mass is 241 g/mol. The fourth-order valence-electron chi connectivity index (χ4n) is 0. The first-order valence-electron chi connectivity index (χ1n) is 1.26. The molecule has 0 unspecified atom stereocenters. The first-order valence-corrected chi connectivity index (χ1v) is 1.26. The summed E-state index contributed by atoms with van der Waals surface area (Å²) in [7, 11) is 0. The molecule has 0 aliphatic heterocycles. The summed E-state index contributed by atoms with van der Waals surface area (Å²) in [5.74, 6) is 0. The van der Waals surface area contributed by atoms with Gasteiger partial charge in [0.25, 0.3) is 0 Å². The Bertz CT molecular complexity index is 20.9. The van der Waals surface area contributed by atoms with E-state index in [-0.39, 0.29) is 21.1 Å². The van der Waals surface area contributed by atoms with Gasteiger partial charge in [-0.05, 0) is 0 Å². The molecule has 0 aromatic carbocycles. The molecule has 5 heavy (non-hydrogen) atoms. The van der Waals surface area contributed by atoms with Crippen molar-refractivity contribution in [1.82, 2.24) is 0 Å². The fourth-order valence-corrected chi connectivity index (χ4v) is 0. The molecule has 0 spiro atoms. The maximum absolute atomic E-state index is 9.05. The van der Waals surface area contributed by atoms with Crippen molar-refractivity contribution in [3.05, 3.63) is 0 Å². The summed E-state index contributed by atoms with van der Waals surface area (Å²) in [5, 5.41) is 0. The molecule has 0 bridgehead atoms. The van der Waals surface area contributed by atoms with E-state index in [1.807, 2.05) is 0 Å². The molecule has 1 nitrogen and oxygen atoms in total. The summed E-state index contributed by atoms with van der Waals surface area (Å²) >= 11 is 0. The van der Waals surface area contributed by atoms with Gasteiger partial charge in [0.15, 0.2) is 0 Å². The van der Waals surface area contributed by atoms with E-state index in [0.29, 0.717) is 6.42 Å². The van der Waals surface area contributed by atoms with E-state index in [1.54, 1.807) is 13.2 Å². The van der Waals surface area contributed by atoms with Crippen LogP contribution >= 0.6 is 0 Å². The van der Waals surface area contributed by atoms with E-state index in [2.05, 4.69) is 0 Å². The summed E-state index contributed by atoms with van der Waals surface area (Å²) in [6.07, 6.45) is 2.19. The molecule has 0 aliphatic rings. The van der Waals surface area contributed by atoms with Crippen molar-refractivity contribution in [2.75, 3.05) is 0 Å². The van der Waals surface area contributed by atoms with Gasteiger partial charge in [-0.1, -0.05) is 6.92 Å². The topological polar surface area (TPSA) is 17.1 Å². The number of rotatable bonds is 1. The standard InChI is InChI=1S/C3H5O.W/c1-2-3-4;/h2H2,1H3;/q-1;. The molecule has 0 aromatic heterocycles. The quantitative estimate of drug-likeness (QED) is 0.611. The van der Waals surface area contributed by atoms with E-state index in [0.717, 1.165) is 0 Å². The van der Waals surface area contributed by atoms with Gasteiger partial charge in [-0.3, -0.25) is 6.29 Å². The molecule has 0 saturated heterocycles. The third kappa shape index (κ3) is 13.1. The molecule has 0 aromatic rings. The molecular weight excluding hydrogens is 236 g/mol. The number of hydrogen-bond acceptors (Lipinski definition) is 1. The van der Waals surface area contributed by atoms with Crippen LogP contribution in [0.2, 0.25) is 0 Å². The first-order chi connectivity index (χ1) is 1.91. The van der Waals surface area contributed by atoms with Gasteiger partial charge in [-0.25, -0.2) is 0 Å². The van der Waals surface area contributed by atoms with E-state index < -0.39 is 0 Å². The van der Waals surface area contributed by atoms with Gasteiger partial charge in [0.05, 0.1) is 0 Å². The zero-order valence-corrected chi connectivity index (χ0v) is 5.96. The van der Waals surface area contributed by atoms with Crippen molar-refractivity contribution in [3.8, 4) is 0 Å². The third-order valence-electron chi connectivity index (χ3n) is 0.144. The smallest absolute Gasteiger partial charge is 0 e. The molecule has 0 fully saturated rings. The van der Waals surface area contributed by atoms with E-state index in [9.17, 15) is 0 Å². The molecule has 0 atom stereocenters. The summed E-state index contributed by atoms with van der Waals surface area (Å²) in [6.45, 7) is 1.76. The van der Waals surface area contributed by atoms with Gasteiger partial charge < -0.3 is 4.79 Å². The predicted molar refractivity (Wildman–Crippen MR) is 16.0 cm³/mol. The molecule has 0 aliphatic carbocycles. The maximum atomic E-state index is 9.05. The third-order valence-corrected chi connectivity index (χ3v) is 0.144. The second kappa shape index (κ2) is 8.84. The van der Waals surface area contributed by atoms with Crippen LogP contribution < -0.4 is 0 Å². The van der Waals surface area contributed by atoms with Crippen LogP contribution in [-0.2, 0) is 25.9 Å². The Kier molecular flexibility index (Phi) is 16.0. The van der Waals surface area contributed by atoms with E-state index >= 15 is 0 Å². The zero-order valence-electron chi connectivity index (χ0n) is 3.02. The molecular formula is C3H5OW-. The van der Waals surface area contributed by atoms with Gasteiger partial charge in [-0.2, -0.15) is 6.42 Å². The van der Waals surface area contributed by atoms with Crippen LogP contribution in [0.5, 0.6) is 0 Å². The summed E-state index contributed by atoms with van der Waals surface area (Å²) < 4.78 is 0. The Morgan fingerprint density at radius 1 is 1.80 bits per heavy atom. The minimum absolute atomic E-state index is 0. The van der Waals surface area contributed by atoms with Gasteiger partial charge in [0.2, 0.25) is 0 Å². The van der Waals surface area contributed by atoms with Crippen molar-refractivity contribution in [2.24, 2.45) is 0 Å². The SMILES string of the molecule is CC[C-]=O.[W]. The largest absolute Gasteiger partial charge is 0.542 e. The van der Waals surface area contributed by atoms with Crippen LogP contribution in [-0.4, -0.2) is 6.29 Å². The maximum Gasteiger partial charge on any atom is 0 e. The minimum Gasteiger partial charge on any atom is -0.542 e. The molecule has 2 heteroatoms. The van der Waals surface area contributed by atoms with E-state index in [4.69, 9.17) is 4.79 Å². The first kappa shape index (κ1) is 9.02. The van der Waals surface area contributed by atoms with Crippen molar-refractivity contribution < 1.29 is 25.9 Å². The molecule has 0 rings (SSSR count). The molecule has 0 saturated carbocycles. The summed E-state index contributed by atoms with van der Waals surface area (Å²) in [4.78, 5) is 9.05. The van der Waals surface area contributed by atoms with Crippen molar-refractivity contribution in [1.29, 1.82) is 0 Å². The second-order valence-corrected chi connectivity index (χ2v) is 0.498. The molecule has 0 radical (unpaired) electrons. The molecule has 30 valence electrons. The van der Waals surface area contributed by atoms with Crippen molar-refractivity contribution >= 4 is 6.29 Å². The molecule has 0 amide bonds. The van der Waals surface area contributed by atoms with Crippen LogP contribution in [0.15, 0.2) is 0 Å². The van der Waals surface area contributed by atoms with Crippen LogP contribution in [0.3, 0.4) is 0 Å². The minimum atomic E-state index is 0.